The van der Waals surface area contributed by atoms with Crippen molar-refractivity contribution >= 4 is 62.7 Å². The maximum atomic E-state index is 4.33. The number of fused-ring (bicyclic) bond motifs is 5. The standard InChI is InChI=1S/C54H65N3SSi/c1-12-21-40-32-51-46(44-24-16-19-29-50(44)58-51)33-45(40)53-56(47-27-17-18-28-48(47)57(53)52-42(36(3)4)25-20-26-43(52)37(5)6)35-49(55(8)13-2)38(7)54(59(9,10)11)31-30-39-22-14-15-23-41(39)34-54/h12,14-20,22-33,36-38,49,53H,1,13,21,34-35H2,2-11H3. The summed E-state index contributed by atoms with van der Waals surface area (Å²) in [5, 5.41) is 2.78. The van der Waals surface area contributed by atoms with Crippen molar-refractivity contribution in [1.82, 2.24) is 4.90 Å². The molecule has 5 aromatic carbocycles. The van der Waals surface area contributed by atoms with Gasteiger partial charge in [0.05, 0.1) is 25.1 Å². The number of hydrogen-bond acceptors (Lipinski definition) is 4. The Labute approximate surface area is 360 Å². The third-order valence-corrected chi connectivity index (χ3v) is 18.9. The van der Waals surface area contributed by atoms with Crippen molar-refractivity contribution in [1.29, 1.82) is 0 Å². The average molecular weight is 816 g/mol. The maximum Gasteiger partial charge on any atom is 0.133 e. The molecule has 1 aromatic heterocycles. The number of hydrogen-bond donors (Lipinski definition) is 0. The molecule has 0 saturated heterocycles. The van der Waals surface area contributed by atoms with E-state index in [1.54, 1.807) is 0 Å². The molecule has 5 heteroatoms. The van der Waals surface area contributed by atoms with E-state index in [0.717, 1.165) is 25.9 Å². The second kappa shape index (κ2) is 16.2. The fraction of sp³-hybridized carbons (Fsp3) is 0.370. The van der Waals surface area contributed by atoms with Crippen LogP contribution in [0.4, 0.5) is 17.1 Å². The molecular formula is C54H65N3SSi. The van der Waals surface area contributed by atoms with Gasteiger partial charge in [-0.25, -0.2) is 0 Å². The summed E-state index contributed by atoms with van der Waals surface area (Å²) in [7, 11) is 0.586. The molecule has 3 nitrogen and oxygen atoms in total. The zero-order valence-corrected chi connectivity index (χ0v) is 39.0. The van der Waals surface area contributed by atoms with Gasteiger partial charge < -0.3 is 14.7 Å². The van der Waals surface area contributed by atoms with E-state index in [1.807, 2.05) is 11.3 Å². The van der Waals surface area contributed by atoms with Crippen molar-refractivity contribution in [2.24, 2.45) is 5.92 Å². The molecule has 1 aliphatic heterocycles. The Bertz CT molecular complexity index is 2500. The molecular weight excluding hydrogens is 751 g/mol. The molecule has 4 unspecified atom stereocenters. The van der Waals surface area contributed by atoms with Crippen molar-refractivity contribution in [3.05, 3.63) is 155 Å². The lowest BCUT2D eigenvalue weighted by atomic mass is 9.77. The van der Waals surface area contributed by atoms with Gasteiger partial charge in [0.2, 0.25) is 0 Å². The predicted octanol–water partition coefficient (Wildman–Crippen LogP) is 15.0. The van der Waals surface area contributed by atoms with Crippen LogP contribution in [0.2, 0.25) is 24.7 Å². The van der Waals surface area contributed by atoms with E-state index in [1.165, 1.54) is 70.6 Å². The Morgan fingerprint density at radius 2 is 1.47 bits per heavy atom. The van der Waals surface area contributed by atoms with Crippen LogP contribution in [0.15, 0.2) is 122 Å². The maximum absolute atomic E-state index is 4.33. The van der Waals surface area contributed by atoms with Gasteiger partial charge in [-0.3, -0.25) is 0 Å². The van der Waals surface area contributed by atoms with Crippen LogP contribution in [-0.4, -0.2) is 39.2 Å². The van der Waals surface area contributed by atoms with E-state index in [2.05, 4.69) is 211 Å². The van der Waals surface area contributed by atoms with Crippen molar-refractivity contribution in [3.63, 3.8) is 0 Å². The van der Waals surface area contributed by atoms with Crippen LogP contribution in [0.3, 0.4) is 0 Å². The number of allylic oxidation sites excluding steroid dienone is 2. The van der Waals surface area contributed by atoms with Gasteiger partial charge >= 0.3 is 0 Å². The average Bonchev–Trinajstić information content (AvgIpc) is 3.75. The zero-order chi connectivity index (χ0) is 41.8. The summed E-state index contributed by atoms with van der Waals surface area (Å²) in [6.07, 6.45) is 9.08. The topological polar surface area (TPSA) is 9.72 Å². The molecule has 8 rings (SSSR count). The highest BCUT2D eigenvalue weighted by Crippen LogP contribution is 2.58. The third-order valence-electron chi connectivity index (χ3n) is 14.2. The SMILES string of the molecule is C=CCc1cc2sc3ccccc3c2cc1C1N(CC(C(C)C2([Si](C)(C)C)C=Cc3ccccc3C2)N(C)CC)c2ccccc2N1c1c(C(C)C)cccc1C(C)C. The number of rotatable bonds is 13. The third kappa shape index (κ3) is 7.11. The van der Waals surface area contributed by atoms with Crippen LogP contribution in [0.5, 0.6) is 0 Å². The Hall–Kier alpha value is -4.42. The lowest BCUT2D eigenvalue weighted by molar-refractivity contribution is 0.166. The van der Waals surface area contributed by atoms with E-state index in [9.17, 15) is 0 Å². The molecule has 0 radical (unpaired) electrons. The summed E-state index contributed by atoms with van der Waals surface area (Å²) >= 11 is 1.91. The van der Waals surface area contributed by atoms with Gasteiger partial charge in [0.1, 0.15) is 6.17 Å². The minimum Gasteiger partial charge on any atom is -0.344 e. The van der Waals surface area contributed by atoms with Gasteiger partial charge in [-0.15, -0.1) is 17.9 Å². The molecule has 306 valence electrons. The molecule has 6 aromatic rings. The van der Waals surface area contributed by atoms with E-state index < -0.39 is 8.07 Å². The molecule has 0 spiro atoms. The van der Waals surface area contributed by atoms with E-state index in [0.29, 0.717) is 17.8 Å². The van der Waals surface area contributed by atoms with Crippen molar-refractivity contribution < 1.29 is 0 Å². The largest absolute Gasteiger partial charge is 0.344 e. The number of anilines is 3. The summed E-state index contributed by atoms with van der Waals surface area (Å²) in [5.41, 5.74) is 12.4. The molecule has 0 bridgehead atoms. The summed E-state index contributed by atoms with van der Waals surface area (Å²) in [6, 6.07) is 39.8. The highest BCUT2D eigenvalue weighted by Gasteiger charge is 2.51. The molecule has 0 fully saturated rings. The minimum atomic E-state index is -1.80. The Balaban J connectivity index is 1.39. The molecule has 2 heterocycles. The van der Waals surface area contributed by atoms with Gasteiger partial charge in [-0.1, -0.05) is 152 Å². The van der Waals surface area contributed by atoms with E-state index in [-0.39, 0.29) is 17.2 Å². The Morgan fingerprint density at radius 3 is 2.15 bits per heavy atom. The molecule has 0 amide bonds. The van der Waals surface area contributed by atoms with Gasteiger partial charge in [-0.05, 0) is 113 Å². The van der Waals surface area contributed by atoms with Crippen molar-refractivity contribution in [3.8, 4) is 0 Å². The van der Waals surface area contributed by atoms with Crippen LogP contribution in [0.25, 0.3) is 26.2 Å². The molecule has 1 aliphatic carbocycles. The Kier molecular flexibility index (Phi) is 11.4. The van der Waals surface area contributed by atoms with Crippen molar-refractivity contribution in [2.75, 3.05) is 29.9 Å². The molecule has 0 N–H and O–H groups in total. The van der Waals surface area contributed by atoms with Gasteiger partial charge in [0.15, 0.2) is 0 Å². The molecule has 4 atom stereocenters. The Morgan fingerprint density at radius 1 is 0.814 bits per heavy atom. The number of nitrogens with zero attached hydrogens (tertiary/aromatic N) is 3. The predicted molar refractivity (Wildman–Crippen MR) is 263 cm³/mol. The molecule has 59 heavy (non-hydrogen) atoms. The van der Waals surface area contributed by atoms with Crippen LogP contribution >= 0.6 is 11.3 Å². The monoisotopic (exact) mass is 815 g/mol. The lowest BCUT2D eigenvalue weighted by Crippen LogP contribution is -2.55. The first-order valence-electron chi connectivity index (χ1n) is 22.1. The first-order valence-corrected chi connectivity index (χ1v) is 26.4. The first kappa shape index (κ1) is 41.3. The van der Waals surface area contributed by atoms with Gasteiger partial charge in [-0.2, -0.15) is 0 Å². The summed E-state index contributed by atoms with van der Waals surface area (Å²) in [5.74, 6) is 1.12. The lowest BCUT2D eigenvalue weighted by Gasteiger charge is -2.53. The molecule has 0 saturated carbocycles. The highest BCUT2D eigenvalue weighted by molar-refractivity contribution is 7.25. The highest BCUT2D eigenvalue weighted by atomic mass is 32.1. The van der Waals surface area contributed by atoms with Crippen LogP contribution in [0, 0.1) is 5.92 Å². The summed E-state index contributed by atoms with van der Waals surface area (Å²) in [6.45, 7) is 28.5. The first-order chi connectivity index (χ1) is 28.3. The van der Waals surface area contributed by atoms with E-state index >= 15 is 0 Å². The summed E-state index contributed by atoms with van der Waals surface area (Å²) < 4.78 is 2.70. The quantitative estimate of drug-likeness (QED) is 0.0849. The number of likely N-dealkylation sites (N-methyl/N-ethyl adjacent to an activating group) is 1. The minimum absolute atomic E-state index is 0.0618. The second-order valence-electron chi connectivity index (χ2n) is 19.0. The number of benzene rings is 5. The van der Waals surface area contributed by atoms with Gasteiger partial charge in [0.25, 0.3) is 0 Å². The second-order valence-corrected chi connectivity index (χ2v) is 25.6. The van der Waals surface area contributed by atoms with Crippen LogP contribution in [0.1, 0.15) is 92.9 Å². The fourth-order valence-corrected chi connectivity index (χ4v) is 14.7. The smallest absolute Gasteiger partial charge is 0.133 e. The number of para-hydroxylation sites is 3. The summed E-state index contributed by atoms with van der Waals surface area (Å²) in [4.78, 5) is 8.26. The van der Waals surface area contributed by atoms with Crippen molar-refractivity contribution in [2.45, 2.75) is 103 Å². The zero-order valence-electron chi connectivity index (χ0n) is 37.2. The van der Waals surface area contributed by atoms with Gasteiger partial charge in [0, 0.05) is 32.8 Å². The van der Waals surface area contributed by atoms with Crippen LogP contribution < -0.4 is 9.80 Å². The fourth-order valence-electron chi connectivity index (χ4n) is 10.7. The normalized spacial score (nSPS) is 19.0. The van der Waals surface area contributed by atoms with Crippen LogP contribution in [-0.2, 0) is 12.8 Å². The molecule has 2 aliphatic rings. The number of thiophene rings is 1. The van der Waals surface area contributed by atoms with E-state index in [4.69, 9.17) is 0 Å².